The first kappa shape index (κ1) is 13.3. The van der Waals surface area contributed by atoms with Gasteiger partial charge in [-0.05, 0) is 36.0 Å². The Morgan fingerprint density at radius 2 is 1.95 bits per heavy atom. The Kier molecular flexibility index (Phi) is 3.63. The summed E-state index contributed by atoms with van der Waals surface area (Å²) in [4.78, 5) is 8.03. The molecule has 5 heteroatoms. The zero-order valence-electron chi connectivity index (χ0n) is 10.9. The number of H-pyrrole nitrogens is 1. The van der Waals surface area contributed by atoms with Gasteiger partial charge in [0.2, 0.25) is 0 Å². The maximum absolute atomic E-state index is 9.75. The lowest BCUT2D eigenvalue weighted by Gasteiger charge is -1.99. The number of aromatic amines is 1. The molecule has 2 aromatic carbocycles. The fraction of sp³-hybridized carbons (Fsp3) is 0. The van der Waals surface area contributed by atoms with Gasteiger partial charge in [0.15, 0.2) is 5.16 Å². The molecule has 0 radical (unpaired) electrons. The van der Waals surface area contributed by atoms with Crippen molar-refractivity contribution in [2.75, 3.05) is 0 Å². The van der Waals surface area contributed by atoms with Gasteiger partial charge in [0.05, 0.1) is 15.9 Å². The molecule has 0 atom stereocenters. The first-order valence-electron chi connectivity index (χ1n) is 6.28. The second-order valence-corrected chi connectivity index (χ2v) is 5.37. The van der Waals surface area contributed by atoms with Gasteiger partial charge in [-0.2, -0.15) is 5.26 Å². The van der Waals surface area contributed by atoms with Crippen LogP contribution in [0.2, 0.25) is 0 Å². The lowest BCUT2D eigenvalue weighted by Crippen LogP contribution is -1.79. The second-order valence-electron chi connectivity index (χ2n) is 4.34. The van der Waals surface area contributed by atoms with Gasteiger partial charge >= 0.3 is 0 Å². The van der Waals surface area contributed by atoms with E-state index < -0.39 is 0 Å². The molecule has 3 rings (SSSR count). The summed E-state index contributed by atoms with van der Waals surface area (Å²) < 4.78 is 0. The smallest absolute Gasteiger partial charge is 0.171 e. The molecule has 0 aliphatic carbocycles. The zero-order chi connectivity index (χ0) is 14.7. The molecule has 0 bridgehead atoms. The number of nitrogens with one attached hydrogen (secondary N) is 1. The Balaban J connectivity index is 1.91. The van der Waals surface area contributed by atoms with Crippen LogP contribution in [0.15, 0.2) is 58.6 Å². The standard InChI is InChI=1S/C16H11N3OS/c17-10-12(9-11-5-1-4-8-15(11)20)21-16-18-13-6-2-3-7-14(13)19-16/h1-9,20H,(H,18,19)/b12-9+. The molecule has 0 fully saturated rings. The number of allylic oxidation sites excluding steroid dienone is 1. The monoisotopic (exact) mass is 293 g/mol. The molecule has 0 unspecified atom stereocenters. The Bertz CT molecular complexity index is 828. The van der Waals surface area contributed by atoms with Gasteiger partial charge in [-0.25, -0.2) is 4.98 Å². The second kappa shape index (κ2) is 5.73. The molecule has 0 saturated carbocycles. The van der Waals surface area contributed by atoms with E-state index in [0.29, 0.717) is 15.6 Å². The van der Waals surface area contributed by atoms with Crippen LogP contribution in [-0.2, 0) is 0 Å². The van der Waals surface area contributed by atoms with Crippen molar-refractivity contribution < 1.29 is 5.11 Å². The molecule has 4 nitrogen and oxygen atoms in total. The average molecular weight is 293 g/mol. The number of aromatic hydroxyl groups is 1. The zero-order valence-corrected chi connectivity index (χ0v) is 11.8. The van der Waals surface area contributed by atoms with Crippen LogP contribution in [0.4, 0.5) is 0 Å². The van der Waals surface area contributed by atoms with Crippen molar-refractivity contribution in [1.29, 1.82) is 5.26 Å². The summed E-state index contributed by atoms with van der Waals surface area (Å²) in [5.41, 5.74) is 2.40. The number of phenols is 1. The maximum Gasteiger partial charge on any atom is 0.171 e. The number of phenolic OH excluding ortho intramolecular Hbond substituents is 1. The van der Waals surface area contributed by atoms with E-state index in [2.05, 4.69) is 16.0 Å². The van der Waals surface area contributed by atoms with E-state index in [0.717, 1.165) is 11.0 Å². The summed E-state index contributed by atoms with van der Waals surface area (Å²) >= 11 is 1.24. The number of nitrogens with zero attached hydrogens (tertiary/aromatic N) is 2. The number of fused-ring (bicyclic) bond motifs is 1. The number of hydrogen-bond acceptors (Lipinski definition) is 4. The number of hydrogen-bond donors (Lipinski definition) is 2. The summed E-state index contributed by atoms with van der Waals surface area (Å²) in [5, 5.41) is 19.7. The molecule has 21 heavy (non-hydrogen) atoms. The van der Waals surface area contributed by atoms with E-state index in [1.165, 1.54) is 11.8 Å². The Labute approximate surface area is 125 Å². The number of thioether (sulfide) groups is 1. The highest BCUT2D eigenvalue weighted by molar-refractivity contribution is 8.03. The molecular weight excluding hydrogens is 282 g/mol. The van der Waals surface area contributed by atoms with Crippen LogP contribution in [0, 0.1) is 11.3 Å². The molecule has 0 saturated heterocycles. The van der Waals surface area contributed by atoms with Gasteiger partial charge in [0.25, 0.3) is 0 Å². The van der Waals surface area contributed by atoms with E-state index in [1.54, 1.807) is 24.3 Å². The van der Waals surface area contributed by atoms with Crippen molar-refractivity contribution in [3.05, 3.63) is 59.0 Å². The molecule has 3 aromatic rings. The molecule has 0 spiro atoms. The van der Waals surface area contributed by atoms with Gasteiger partial charge in [0.1, 0.15) is 11.8 Å². The number of imidazole rings is 1. The predicted octanol–water partition coefficient (Wildman–Crippen LogP) is 3.93. The van der Waals surface area contributed by atoms with E-state index in [9.17, 15) is 10.4 Å². The van der Waals surface area contributed by atoms with Crippen LogP contribution in [-0.4, -0.2) is 15.1 Å². The summed E-state index contributed by atoms with van der Waals surface area (Å²) in [5.74, 6) is 0.149. The van der Waals surface area contributed by atoms with Gasteiger partial charge < -0.3 is 10.1 Å². The third kappa shape index (κ3) is 2.91. The van der Waals surface area contributed by atoms with Crippen molar-refractivity contribution in [2.45, 2.75) is 5.16 Å². The first-order chi connectivity index (χ1) is 10.3. The van der Waals surface area contributed by atoms with Crippen molar-refractivity contribution in [2.24, 2.45) is 0 Å². The Morgan fingerprint density at radius 3 is 2.71 bits per heavy atom. The van der Waals surface area contributed by atoms with Crippen LogP contribution in [0.25, 0.3) is 17.1 Å². The molecular formula is C16H11N3OS. The molecule has 2 N–H and O–H groups in total. The van der Waals surface area contributed by atoms with Crippen molar-refractivity contribution in [3.63, 3.8) is 0 Å². The number of benzene rings is 2. The van der Waals surface area contributed by atoms with E-state index in [1.807, 2.05) is 30.3 Å². The predicted molar refractivity (Wildman–Crippen MR) is 83.6 cm³/mol. The number of para-hydroxylation sites is 3. The van der Waals surface area contributed by atoms with Crippen LogP contribution in [0.5, 0.6) is 5.75 Å². The molecule has 102 valence electrons. The van der Waals surface area contributed by atoms with Crippen molar-refractivity contribution in [3.8, 4) is 11.8 Å². The highest BCUT2D eigenvalue weighted by Crippen LogP contribution is 2.29. The average Bonchev–Trinajstić information content (AvgIpc) is 2.91. The summed E-state index contributed by atoms with van der Waals surface area (Å²) in [6, 6.07) is 16.7. The van der Waals surface area contributed by atoms with Crippen molar-refractivity contribution >= 4 is 28.9 Å². The first-order valence-corrected chi connectivity index (χ1v) is 7.10. The minimum Gasteiger partial charge on any atom is -0.507 e. The van der Waals surface area contributed by atoms with Crippen molar-refractivity contribution in [1.82, 2.24) is 9.97 Å². The third-order valence-electron chi connectivity index (χ3n) is 2.91. The third-order valence-corrected chi connectivity index (χ3v) is 3.72. The minimum absolute atomic E-state index is 0.149. The van der Waals surface area contributed by atoms with Crippen LogP contribution < -0.4 is 0 Å². The van der Waals surface area contributed by atoms with Gasteiger partial charge in [0, 0.05) is 5.56 Å². The maximum atomic E-state index is 9.75. The highest BCUT2D eigenvalue weighted by atomic mass is 32.2. The number of nitriles is 1. The summed E-state index contributed by atoms with van der Waals surface area (Å²) in [6.07, 6.45) is 1.65. The Hall–Kier alpha value is -2.71. The largest absolute Gasteiger partial charge is 0.507 e. The lowest BCUT2D eigenvalue weighted by atomic mass is 10.2. The quantitative estimate of drug-likeness (QED) is 0.567. The fourth-order valence-electron chi connectivity index (χ4n) is 1.92. The summed E-state index contributed by atoms with van der Waals surface area (Å²) in [6.45, 7) is 0. The normalized spacial score (nSPS) is 11.5. The van der Waals surface area contributed by atoms with Gasteiger partial charge in [-0.3, -0.25) is 0 Å². The van der Waals surface area contributed by atoms with E-state index in [4.69, 9.17) is 0 Å². The summed E-state index contributed by atoms with van der Waals surface area (Å²) in [7, 11) is 0. The van der Waals surface area contributed by atoms with Crippen LogP contribution in [0.3, 0.4) is 0 Å². The molecule has 0 aliphatic rings. The van der Waals surface area contributed by atoms with E-state index >= 15 is 0 Å². The van der Waals surface area contributed by atoms with Crippen LogP contribution in [0.1, 0.15) is 5.56 Å². The van der Waals surface area contributed by atoms with Gasteiger partial charge in [-0.1, -0.05) is 30.3 Å². The molecule has 0 amide bonds. The molecule has 1 aromatic heterocycles. The van der Waals surface area contributed by atoms with E-state index in [-0.39, 0.29) is 5.75 Å². The topological polar surface area (TPSA) is 72.7 Å². The molecule has 0 aliphatic heterocycles. The highest BCUT2D eigenvalue weighted by Gasteiger charge is 2.07. The Morgan fingerprint density at radius 1 is 1.19 bits per heavy atom. The fourth-order valence-corrected chi connectivity index (χ4v) is 2.66. The molecule has 1 heterocycles. The SMILES string of the molecule is N#C/C(=C\c1ccccc1O)Sc1nc2ccccc2[nH]1. The lowest BCUT2D eigenvalue weighted by molar-refractivity contribution is 0.474. The minimum atomic E-state index is 0.149. The number of rotatable bonds is 3. The number of aromatic nitrogens is 2. The van der Waals surface area contributed by atoms with Crippen LogP contribution >= 0.6 is 11.8 Å². The van der Waals surface area contributed by atoms with Gasteiger partial charge in [-0.15, -0.1) is 0 Å².